The third-order valence-corrected chi connectivity index (χ3v) is 5.04. The Kier molecular flexibility index (Phi) is 6.14. The van der Waals surface area contributed by atoms with E-state index in [9.17, 15) is 9.59 Å². The molecule has 1 atom stereocenters. The van der Waals surface area contributed by atoms with Crippen LogP contribution in [0.25, 0.3) is 11.0 Å². The lowest BCUT2D eigenvalue weighted by molar-refractivity contribution is -0.138. The topological polar surface area (TPSA) is 81.3 Å². The molecule has 1 aromatic carbocycles. The number of rotatable bonds is 6. The molecule has 28 heavy (non-hydrogen) atoms. The molecule has 2 heterocycles. The van der Waals surface area contributed by atoms with Gasteiger partial charge in [-0.2, -0.15) is 0 Å². The van der Waals surface area contributed by atoms with Gasteiger partial charge in [-0.1, -0.05) is 17.7 Å². The highest BCUT2D eigenvalue weighted by Crippen LogP contribution is 2.15. The Morgan fingerprint density at radius 2 is 2.18 bits per heavy atom. The summed E-state index contributed by atoms with van der Waals surface area (Å²) in [5, 5.41) is 2.88. The maximum Gasteiger partial charge on any atom is 0.237 e. The van der Waals surface area contributed by atoms with Gasteiger partial charge in [-0.25, -0.2) is 4.98 Å². The Hall–Kier alpha value is -2.67. The van der Waals surface area contributed by atoms with Crippen LogP contribution in [0.1, 0.15) is 31.7 Å². The summed E-state index contributed by atoms with van der Waals surface area (Å²) in [7, 11) is 1.75. The molecule has 0 bridgehead atoms. The molecule has 2 aromatic rings. The zero-order valence-corrected chi connectivity index (χ0v) is 17.1. The molecule has 0 spiro atoms. The number of fused-ring (bicyclic) bond motifs is 1. The van der Waals surface area contributed by atoms with Gasteiger partial charge in [0.25, 0.3) is 0 Å². The molecule has 1 aliphatic heterocycles. The minimum atomic E-state index is -0.433. The van der Waals surface area contributed by atoms with E-state index < -0.39 is 6.04 Å². The summed E-state index contributed by atoms with van der Waals surface area (Å²) in [6.45, 7) is 8.54. The fourth-order valence-electron chi connectivity index (χ4n) is 3.39. The molecule has 0 radical (unpaired) electrons. The van der Waals surface area contributed by atoms with Crippen molar-refractivity contribution in [1.29, 1.82) is 0 Å². The van der Waals surface area contributed by atoms with Gasteiger partial charge in [-0.15, -0.1) is 0 Å². The molecule has 0 saturated carbocycles. The molecule has 1 fully saturated rings. The van der Waals surface area contributed by atoms with E-state index >= 15 is 0 Å². The highest BCUT2D eigenvalue weighted by molar-refractivity contribution is 5.88. The molecular formula is C21H29N5O2. The summed E-state index contributed by atoms with van der Waals surface area (Å²) in [5.41, 5.74) is 4.22. The lowest BCUT2D eigenvalue weighted by Gasteiger charge is -2.34. The predicted molar refractivity (Wildman–Crippen MR) is 110 cm³/mol. The van der Waals surface area contributed by atoms with Crippen molar-refractivity contribution in [2.24, 2.45) is 0 Å². The molecule has 7 nitrogen and oxygen atoms in total. The molecule has 1 aromatic heterocycles. The molecule has 0 unspecified atom stereocenters. The van der Waals surface area contributed by atoms with Crippen molar-refractivity contribution in [1.82, 2.24) is 25.1 Å². The van der Waals surface area contributed by atoms with Crippen molar-refractivity contribution in [2.45, 2.75) is 39.8 Å². The first-order valence-corrected chi connectivity index (χ1v) is 9.68. The van der Waals surface area contributed by atoms with Crippen molar-refractivity contribution >= 4 is 22.8 Å². The lowest BCUT2D eigenvalue weighted by Crippen LogP contribution is -2.56. The zero-order valence-electron chi connectivity index (χ0n) is 17.1. The largest absolute Gasteiger partial charge is 0.353 e. The van der Waals surface area contributed by atoms with Crippen molar-refractivity contribution in [3.63, 3.8) is 0 Å². The lowest BCUT2D eigenvalue weighted by atomic mass is 10.1. The minimum Gasteiger partial charge on any atom is -0.353 e. The van der Waals surface area contributed by atoms with Crippen LogP contribution in [0.3, 0.4) is 0 Å². The van der Waals surface area contributed by atoms with Crippen LogP contribution in [0.5, 0.6) is 0 Å². The van der Waals surface area contributed by atoms with Crippen molar-refractivity contribution in [2.75, 3.05) is 26.7 Å². The Morgan fingerprint density at radius 3 is 2.93 bits per heavy atom. The van der Waals surface area contributed by atoms with Crippen LogP contribution in [0, 0.1) is 6.92 Å². The van der Waals surface area contributed by atoms with Crippen LogP contribution in [-0.4, -0.2) is 64.3 Å². The van der Waals surface area contributed by atoms with Gasteiger partial charge in [0.05, 0.1) is 30.0 Å². The number of carbonyl (C=O) groups excluding carboxylic acids is 2. The van der Waals surface area contributed by atoms with Crippen LogP contribution in [0.15, 0.2) is 29.8 Å². The fraction of sp³-hybridized carbons (Fsp3) is 0.476. The molecule has 2 amide bonds. The van der Waals surface area contributed by atoms with Gasteiger partial charge >= 0.3 is 0 Å². The van der Waals surface area contributed by atoms with Crippen LogP contribution in [0.2, 0.25) is 0 Å². The first kappa shape index (κ1) is 20.1. The van der Waals surface area contributed by atoms with Gasteiger partial charge in [0.15, 0.2) is 0 Å². The van der Waals surface area contributed by atoms with Crippen molar-refractivity contribution < 1.29 is 9.59 Å². The summed E-state index contributed by atoms with van der Waals surface area (Å²) in [4.78, 5) is 36.7. The van der Waals surface area contributed by atoms with Gasteiger partial charge in [-0.05, 0) is 38.5 Å². The second kappa shape index (κ2) is 8.56. The second-order valence-corrected chi connectivity index (χ2v) is 7.74. The van der Waals surface area contributed by atoms with E-state index in [1.54, 1.807) is 11.9 Å². The van der Waals surface area contributed by atoms with Gasteiger partial charge in [-0.3, -0.25) is 14.5 Å². The summed E-state index contributed by atoms with van der Waals surface area (Å²) in [5.74, 6) is 0.598. The predicted octanol–water partition coefficient (Wildman–Crippen LogP) is 1.99. The standard InChI is InChI=1S/C21H29N5O2/c1-14(2)7-9-26-10-8-22-21(28)18(26)12-20(27)25(4)13-19-23-16-6-5-15(3)11-17(16)24-19/h5-7,11,18H,8-10,12-13H2,1-4H3,(H,22,28)(H,23,24)/t18-/m0/s1. The molecule has 1 saturated heterocycles. The van der Waals surface area contributed by atoms with E-state index in [2.05, 4.69) is 26.3 Å². The summed E-state index contributed by atoms with van der Waals surface area (Å²) in [6.07, 6.45) is 2.26. The molecule has 3 rings (SSSR count). The highest BCUT2D eigenvalue weighted by atomic mass is 16.2. The summed E-state index contributed by atoms with van der Waals surface area (Å²) >= 11 is 0. The minimum absolute atomic E-state index is 0.0686. The van der Waals surface area contributed by atoms with Gasteiger partial charge < -0.3 is 15.2 Å². The molecular weight excluding hydrogens is 354 g/mol. The van der Waals surface area contributed by atoms with E-state index in [4.69, 9.17) is 0 Å². The fourth-order valence-corrected chi connectivity index (χ4v) is 3.39. The number of hydrogen-bond donors (Lipinski definition) is 2. The third-order valence-electron chi connectivity index (χ3n) is 5.04. The molecule has 0 aliphatic carbocycles. The number of allylic oxidation sites excluding steroid dienone is 1. The SMILES string of the molecule is CC(C)=CCN1CCNC(=O)[C@@H]1CC(=O)N(C)Cc1nc2ccc(C)cc2[nH]1. The quantitative estimate of drug-likeness (QED) is 0.748. The first-order valence-electron chi connectivity index (χ1n) is 9.68. The number of nitrogens with zero attached hydrogens (tertiary/aromatic N) is 3. The highest BCUT2D eigenvalue weighted by Gasteiger charge is 2.31. The van der Waals surface area contributed by atoms with E-state index in [-0.39, 0.29) is 18.2 Å². The van der Waals surface area contributed by atoms with E-state index in [1.165, 1.54) is 5.57 Å². The van der Waals surface area contributed by atoms with Crippen molar-refractivity contribution in [3.8, 4) is 0 Å². The Labute approximate surface area is 165 Å². The van der Waals surface area contributed by atoms with E-state index in [0.29, 0.717) is 19.6 Å². The molecule has 2 N–H and O–H groups in total. The number of imidazole rings is 1. The van der Waals surface area contributed by atoms with Crippen LogP contribution in [-0.2, 0) is 16.1 Å². The van der Waals surface area contributed by atoms with Gasteiger partial charge in [0.2, 0.25) is 11.8 Å². The van der Waals surface area contributed by atoms with Crippen LogP contribution in [0.4, 0.5) is 0 Å². The number of H-pyrrole nitrogens is 1. The first-order chi connectivity index (χ1) is 13.3. The third kappa shape index (κ3) is 4.78. The Balaban J connectivity index is 1.65. The number of piperazine rings is 1. The maximum absolute atomic E-state index is 12.8. The van der Waals surface area contributed by atoms with Crippen LogP contribution < -0.4 is 5.32 Å². The number of amides is 2. The number of carbonyl (C=O) groups is 2. The van der Waals surface area contributed by atoms with Gasteiger partial charge in [0.1, 0.15) is 5.82 Å². The number of nitrogens with one attached hydrogen (secondary N) is 2. The monoisotopic (exact) mass is 383 g/mol. The zero-order chi connectivity index (χ0) is 20.3. The average molecular weight is 383 g/mol. The van der Waals surface area contributed by atoms with Crippen molar-refractivity contribution in [3.05, 3.63) is 41.2 Å². The van der Waals surface area contributed by atoms with Crippen LogP contribution >= 0.6 is 0 Å². The summed E-state index contributed by atoms with van der Waals surface area (Å²) < 4.78 is 0. The molecule has 1 aliphatic rings. The Morgan fingerprint density at radius 1 is 1.39 bits per heavy atom. The number of aryl methyl sites for hydroxylation is 1. The number of benzene rings is 1. The number of hydrogen-bond acceptors (Lipinski definition) is 4. The van der Waals surface area contributed by atoms with E-state index in [1.807, 2.05) is 39.0 Å². The molecule has 150 valence electrons. The Bertz CT molecular complexity index is 897. The number of aromatic nitrogens is 2. The smallest absolute Gasteiger partial charge is 0.237 e. The van der Waals surface area contributed by atoms with E-state index in [0.717, 1.165) is 29.0 Å². The summed E-state index contributed by atoms with van der Waals surface area (Å²) in [6, 6.07) is 5.60. The average Bonchev–Trinajstić information content (AvgIpc) is 3.03. The normalized spacial score (nSPS) is 17.4. The molecule has 7 heteroatoms. The maximum atomic E-state index is 12.8. The number of aromatic amines is 1. The van der Waals surface area contributed by atoms with Gasteiger partial charge in [0, 0.05) is 26.7 Å². The second-order valence-electron chi connectivity index (χ2n) is 7.74.